The van der Waals surface area contributed by atoms with Crippen molar-refractivity contribution >= 4 is 23.4 Å². The van der Waals surface area contributed by atoms with Gasteiger partial charge < -0.3 is 10.6 Å². The Morgan fingerprint density at radius 3 is 2.36 bits per heavy atom. The van der Waals surface area contributed by atoms with E-state index in [4.69, 9.17) is 11.6 Å². The van der Waals surface area contributed by atoms with Crippen LogP contribution in [0.15, 0.2) is 54.6 Å². The maximum atomic E-state index is 12.1. The molecule has 2 rings (SSSR count). The molecule has 0 fully saturated rings. The summed E-state index contributed by atoms with van der Waals surface area (Å²) in [5.74, 6) is -0.614. The zero-order valence-corrected chi connectivity index (χ0v) is 12.9. The van der Waals surface area contributed by atoms with Gasteiger partial charge in [0.1, 0.15) is 6.04 Å². The highest BCUT2D eigenvalue weighted by molar-refractivity contribution is 6.33. The molecule has 0 aromatic heterocycles. The van der Waals surface area contributed by atoms with E-state index in [1.165, 1.54) is 0 Å². The highest BCUT2D eigenvalue weighted by Gasteiger charge is 2.17. The molecule has 114 valence electrons. The summed E-state index contributed by atoms with van der Waals surface area (Å²) in [6, 6.07) is 15.7. The lowest BCUT2D eigenvalue weighted by Crippen LogP contribution is -2.44. The van der Waals surface area contributed by atoms with Crippen molar-refractivity contribution in [3.05, 3.63) is 70.7 Å². The summed E-state index contributed by atoms with van der Waals surface area (Å²) in [4.78, 5) is 24.1. The average Bonchev–Trinajstić information content (AvgIpc) is 2.53. The number of carbonyl (C=O) groups is 2. The molecule has 0 aliphatic heterocycles. The monoisotopic (exact) mass is 316 g/mol. The van der Waals surface area contributed by atoms with Gasteiger partial charge in [-0.1, -0.05) is 54.1 Å². The van der Waals surface area contributed by atoms with Gasteiger partial charge >= 0.3 is 0 Å². The largest absolute Gasteiger partial charge is 0.350 e. The molecule has 2 aromatic carbocycles. The van der Waals surface area contributed by atoms with Gasteiger partial charge in [0.2, 0.25) is 5.91 Å². The van der Waals surface area contributed by atoms with E-state index in [2.05, 4.69) is 10.6 Å². The van der Waals surface area contributed by atoms with E-state index in [0.717, 1.165) is 5.56 Å². The standard InChI is InChI=1S/C17H17ClN2O2/c1-12(16(21)19-11-13-7-3-2-4-8-13)20-17(22)14-9-5-6-10-15(14)18/h2-10,12H,11H2,1H3,(H,19,21)(H,20,22). The molecule has 22 heavy (non-hydrogen) atoms. The summed E-state index contributed by atoms with van der Waals surface area (Å²) in [6.45, 7) is 2.06. The number of carbonyl (C=O) groups excluding carboxylic acids is 2. The lowest BCUT2D eigenvalue weighted by atomic mass is 10.2. The Labute approximate surface area is 134 Å². The van der Waals surface area contributed by atoms with Crippen LogP contribution in [0.3, 0.4) is 0 Å². The molecule has 1 atom stereocenters. The van der Waals surface area contributed by atoms with Gasteiger partial charge in [-0.05, 0) is 24.6 Å². The molecule has 2 N–H and O–H groups in total. The Hall–Kier alpha value is -2.33. The van der Waals surface area contributed by atoms with Gasteiger partial charge in [0, 0.05) is 6.54 Å². The summed E-state index contributed by atoms with van der Waals surface area (Å²) in [5, 5.41) is 5.78. The van der Waals surface area contributed by atoms with Crippen LogP contribution in [0.5, 0.6) is 0 Å². The first-order chi connectivity index (χ1) is 10.6. The second kappa shape index (κ2) is 7.61. The third-order valence-corrected chi connectivity index (χ3v) is 3.50. The van der Waals surface area contributed by atoms with Gasteiger partial charge in [0.05, 0.1) is 10.6 Å². The second-order valence-electron chi connectivity index (χ2n) is 4.88. The van der Waals surface area contributed by atoms with E-state index in [1.807, 2.05) is 30.3 Å². The van der Waals surface area contributed by atoms with Gasteiger partial charge in [-0.25, -0.2) is 0 Å². The zero-order chi connectivity index (χ0) is 15.9. The Morgan fingerprint density at radius 2 is 1.68 bits per heavy atom. The minimum absolute atomic E-state index is 0.246. The Morgan fingerprint density at radius 1 is 1.05 bits per heavy atom. The van der Waals surface area contributed by atoms with E-state index in [-0.39, 0.29) is 11.8 Å². The van der Waals surface area contributed by atoms with E-state index in [9.17, 15) is 9.59 Å². The summed E-state index contributed by atoms with van der Waals surface area (Å²) in [5.41, 5.74) is 1.35. The minimum Gasteiger partial charge on any atom is -0.350 e. The number of halogens is 1. The number of rotatable bonds is 5. The molecule has 0 spiro atoms. The zero-order valence-electron chi connectivity index (χ0n) is 12.2. The van der Waals surface area contributed by atoms with E-state index >= 15 is 0 Å². The van der Waals surface area contributed by atoms with Crippen molar-refractivity contribution in [2.75, 3.05) is 0 Å². The summed E-state index contributed by atoms with van der Waals surface area (Å²) in [6.07, 6.45) is 0. The summed E-state index contributed by atoms with van der Waals surface area (Å²) >= 11 is 5.96. The molecule has 0 aliphatic rings. The molecule has 0 bridgehead atoms. The molecule has 0 aliphatic carbocycles. The van der Waals surface area contributed by atoms with Crippen molar-refractivity contribution in [1.29, 1.82) is 0 Å². The number of nitrogens with one attached hydrogen (secondary N) is 2. The van der Waals surface area contributed by atoms with Crippen LogP contribution in [0.25, 0.3) is 0 Å². The maximum absolute atomic E-state index is 12.1. The van der Waals surface area contributed by atoms with Crippen molar-refractivity contribution in [1.82, 2.24) is 10.6 Å². The third-order valence-electron chi connectivity index (χ3n) is 3.17. The predicted molar refractivity (Wildman–Crippen MR) is 86.7 cm³/mol. The van der Waals surface area contributed by atoms with Gasteiger partial charge in [0.25, 0.3) is 5.91 Å². The van der Waals surface area contributed by atoms with Crippen LogP contribution in [0.2, 0.25) is 5.02 Å². The minimum atomic E-state index is -0.646. The summed E-state index contributed by atoms with van der Waals surface area (Å²) in [7, 11) is 0. The Bertz CT molecular complexity index is 659. The number of hydrogen-bond acceptors (Lipinski definition) is 2. The fraction of sp³-hybridized carbons (Fsp3) is 0.176. The van der Waals surface area contributed by atoms with Crippen molar-refractivity contribution in [3.63, 3.8) is 0 Å². The van der Waals surface area contributed by atoms with Crippen molar-refractivity contribution in [3.8, 4) is 0 Å². The van der Waals surface area contributed by atoms with Gasteiger partial charge in [0.15, 0.2) is 0 Å². The highest BCUT2D eigenvalue weighted by atomic mass is 35.5. The second-order valence-corrected chi connectivity index (χ2v) is 5.29. The first-order valence-electron chi connectivity index (χ1n) is 6.95. The Balaban J connectivity index is 1.89. The predicted octanol–water partition coefficient (Wildman–Crippen LogP) is 2.77. The van der Waals surface area contributed by atoms with Crippen molar-refractivity contribution < 1.29 is 9.59 Å². The lowest BCUT2D eigenvalue weighted by molar-refractivity contribution is -0.122. The first kappa shape index (κ1) is 16.0. The molecule has 0 heterocycles. The molecular weight excluding hydrogens is 300 g/mol. The highest BCUT2D eigenvalue weighted by Crippen LogP contribution is 2.14. The fourth-order valence-corrected chi connectivity index (χ4v) is 2.14. The number of amides is 2. The van der Waals surface area contributed by atoms with Crippen LogP contribution < -0.4 is 10.6 Å². The van der Waals surface area contributed by atoms with E-state index < -0.39 is 6.04 Å². The van der Waals surface area contributed by atoms with Gasteiger partial charge in [-0.3, -0.25) is 9.59 Å². The van der Waals surface area contributed by atoms with Crippen LogP contribution >= 0.6 is 11.6 Å². The quantitative estimate of drug-likeness (QED) is 0.891. The lowest BCUT2D eigenvalue weighted by Gasteiger charge is -2.14. The molecule has 0 saturated carbocycles. The van der Waals surface area contributed by atoms with Crippen molar-refractivity contribution in [2.45, 2.75) is 19.5 Å². The molecular formula is C17H17ClN2O2. The molecule has 0 radical (unpaired) electrons. The topological polar surface area (TPSA) is 58.2 Å². The van der Waals surface area contributed by atoms with E-state index in [0.29, 0.717) is 17.1 Å². The normalized spacial score (nSPS) is 11.5. The summed E-state index contributed by atoms with van der Waals surface area (Å²) < 4.78 is 0. The van der Waals surface area contributed by atoms with Crippen LogP contribution in [0.4, 0.5) is 0 Å². The number of hydrogen-bond donors (Lipinski definition) is 2. The maximum Gasteiger partial charge on any atom is 0.253 e. The van der Waals surface area contributed by atoms with Crippen LogP contribution in [-0.2, 0) is 11.3 Å². The third kappa shape index (κ3) is 4.33. The van der Waals surface area contributed by atoms with Crippen LogP contribution in [0, 0.1) is 0 Å². The van der Waals surface area contributed by atoms with E-state index in [1.54, 1.807) is 31.2 Å². The SMILES string of the molecule is CC(NC(=O)c1ccccc1Cl)C(=O)NCc1ccccc1. The van der Waals surface area contributed by atoms with Gasteiger partial charge in [-0.15, -0.1) is 0 Å². The average molecular weight is 317 g/mol. The van der Waals surface area contributed by atoms with Gasteiger partial charge in [-0.2, -0.15) is 0 Å². The fourth-order valence-electron chi connectivity index (χ4n) is 1.92. The smallest absolute Gasteiger partial charge is 0.253 e. The molecule has 5 heteroatoms. The van der Waals surface area contributed by atoms with Crippen LogP contribution in [0.1, 0.15) is 22.8 Å². The Kier molecular flexibility index (Phi) is 5.55. The molecule has 1 unspecified atom stereocenters. The molecule has 0 saturated heterocycles. The molecule has 2 amide bonds. The number of benzene rings is 2. The molecule has 4 nitrogen and oxygen atoms in total. The molecule has 2 aromatic rings. The van der Waals surface area contributed by atoms with Crippen molar-refractivity contribution in [2.24, 2.45) is 0 Å². The first-order valence-corrected chi connectivity index (χ1v) is 7.33. The van der Waals surface area contributed by atoms with Crippen LogP contribution in [-0.4, -0.2) is 17.9 Å².